The molecule has 0 aromatic carbocycles. The molecule has 3 rings (SSSR count). The third-order valence-corrected chi connectivity index (χ3v) is 4.76. The summed E-state index contributed by atoms with van der Waals surface area (Å²) >= 11 is 5.95. The van der Waals surface area contributed by atoms with Gasteiger partial charge in [-0.15, -0.1) is 0 Å². The number of carbonyl (C=O) groups is 1. The molecule has 1 saturated carbocycles. The molecule has 1 aliphatic carbocycles. The number of likely N-dealkylation sites (tertiary alicyclic amines) is 1. The van der Waals surface area contributed by atoms with Crippen molar-refractivity contribution in [3.63, 3.8) is 0 Å². The summed E-state index contributed by atoms with van der Waals surface area (Å²) in [6.07, 6.45) is 3.68. The molecular formula is C17H23ClN2O3. The van der Waals surface area contributed by atoms with Gasteiger partial charge in [0.05, 0.1) is 6.04 Å². The fraction of sp³-hybridized carbons (Fsp3) is 0.647. The average molecular weight is 339 g/mol. The molecule has 1 aliphatic heterocycles. The lowest BCUT2D eigenvalue weighted by atomic mass is 9.73. The summed E-state index contributed by atoms with van der Waals surface area (Å²) in [4.78, 5) is 18.4. The van der Waals surface area contributed by atoms with Gasteiger partial charge in [-0.25, -0.2) is 9.78 Å². The van der Waals surface area contributed by atoms with E-state index in [0.717, 1.165) is 13.0 Å². The van der Waals surface area contributed by atoms with Crippen LogP contribution in [-0.4, -0.2) is 40.8 Å². The highest BCUT2D eigenvalue weighted by Gasteiger charge is 2.49. The second-order valence-corrected chi connectivity index (χ2v) is 7.76. The van der Waals surface area contributed by atoms with Gasteiger partial charge < -0.3 is 14.4 Å². The van der Waals surface area contributed by atoms with E-state index in [1.54, 1.807) is 18.3 Å². The lowest BCUT2D eigenvalue weighted by molar-refractivity contribution is 0.0156. The summed E-state index contributed by atoms with van der Waals surface area (Å²) < 4.78 is 11.3. The normalized spacial score (nSPS) is 26.4. The Kier molecular flexibility index (Phi) is 4.41. The SMILES string of the molecule is CC(C)(C)OC(=O)N1CC2CCC2[C@H]1COc1cc(Cl)ccn1. The molecule has 0 N–H and O–H groups in total. The summed E-state index contributed by atoms with van der Waals surface area (Å²) in [5, 5.41) is 0.590. The van der Waals surface area contributed by atoms with Crippen LogP contribution in [0, 0.1) is 11.8 Å². The molecule has 0 spiro atoms. The molecule has 2 heterocycles. The number of fused-ring (bicyclic) bond motifs is 1. The molecule has 1 aromatic heterocycles. The van der Waals surface area contributed by atoms with Crippen LogP contribution in [0.25, 0.3) is 0 Å². The standard InChI is InChI=1S/C17H23ClN2O3/c1-17(2,3)23-16(21)20-9-11-4-5-13(11)14(20)10-22-15-8-12(18)6-7-19-15/h6-8,11,13-14H,4-5,9-10H2,1-3H3/t11?,13?,14-/m1/s1. The zero-order chi connectivity index (χ0) is 16.6. The monoisotopic (exact) mass is 338 g/mol. The van der Waals surface area contributed by atoms with Crippen LogP contribution in [0.3, 0.4) is 0 Å². The van der Waals surface area contributed by atoms with Gasteiger partial charge in [-0.1, -0.05) is 11.6 Å². The number of hydrogen-bond donors (Lipinski definition) is 0. The van der Waals surface area contributed by atoms with Crippen molar-refractivity contribution >= 4 is 17.7 Å². The Balaban J connectivity index is 1.66. The van der Waals surface area contributed by atoms with E-state index in [4.69, 9.17) is 21.1 Å². The smallest absolute Gasteiger partial charge is 0.410 e. The van der Waals surface area contributed by atoms with Crippen molar-refractivity contribution in [1.82, 2.24) is 9.88 Å². The maximum absolute atomic E-state index is 12.5. The van der Waals surface area contributed by atoms with E-state index >= 15 is 0 Å². The highest BCUT2D eigenvalue weighted by Crippen LogP contribution is 2.45. The fourth-order valence-electron chi connectivity index (χ4n) is 3.33. The topological polar surface area (TPSA) is 51.7 Å². The van der Waals surface area contributed by atoms with Gasteiger partial charge in [-0.2, -0.15) is 0 Å². The highest BCUT2D eigenvalue weighted by molar-refractivity contribution is 6.30. The zero-order valence-electron chi connectivity index (χ0n) is 13.8. The number of nitrogens with zero attached hydrogens (tertiary/aromatic N) is 2. The minimum Gasteiger partial charge on any atom is -0.475 e. The molecule has 1 aromatic rings. The molecule has 2 fully saturated rings. The molecule has 1 saturated heterocycles. The lowest BCUT2D eigenvalue weighted by Gasteiger charge is -2.33. The number of aromatic nitrogens is 1. The van der Waals surface area contributed by atoms with Gasteiger partial charge >= 0.3 is 6.09 Å². The van der Waals surface area contributed by atoms with Gasteiger partial charge in [0.15, 0.2) is 0 Å². The minimum absolute atomic E-state index is 0.0457. The van der Waals surface area contributed by atoms with Gasteiger partial charge in [-0.05, 0) is 51.5 Å². The molecule has 0 bridgehead atoms. The number of pyridine rings is 1. The molecule has 23 heavy (non-hydrogen) atoms. The van der Waals surface area contributed by atoms with Crippen LogP contribution < -0.4 is 4.74 Å². The van der Waals surface area contributed by atoms with E-state index in [2.05, 4.69) is 4.98 Å². The first-order valence-electron chi connectivity index (χ1n) is 8.07. The maximum Gasteiger partial charge on any atom is 0.410 e. The van der Waals surface area contributed by atoms with Gasteiger partial charge in [-0.3, -0.25) is 0 Å². The predicted molar refractivity (Wildman–Crippen MR) is 87.7 cm³/mol. The van der Waals surface area contributed by atoms with Crippen LogP contribution in [0.1, 0.15) is 33.6 Å². The van der Waals surface area contributed by atoms with Crippen molar-refractivity contribution < 1.29 is 14.3 Å². The van der Waals surface area contributed by atoms with Crippen molar-refractivity contribution in [2.45, 2.75) is 45.3 Å². The van der Waals surface area contributed by atoms with Gasteiger partial charge in [0.25, 0.3) is 0 Å². The number of halogens is 1. The van der Waals surface area contributed by atoms with E-state index in [0.29, 0.717) is 29.3 Å². The maximum atomic E-state index is 12.5. The minimum atomic E-state index is -0.487. The van der Waals surface area contributed by atoms with E-state index in [1.807, 2.05) is 25.7 Å². The third-order valence-electron chi connectivity index (χ3n) is 4.53. The highest BCUT2D eigenvalue weighted by atomic mass is 35.5. The second-order valence-electron chi connectivity index (χ2n) is 7.32. The number of rotatable bonds is 3. The summed E-state index contributed by atoms with van der Waals surface area (Å²) in [6, 6.07) is 3.44. The fourth-order valence-corrected chi connectivity index (χ4v) is 3.48. The van der Waals surface area contributed by atoms with Crippen molar-refractivity contribution in [3.8, 4) is 5.88 Å². The van der Waals surface area contributed by atoms with Crippen molar-refractivity contribution in [3.05, 3.63) is 23.4 Å². The van der Waals surface area contributed by atoms with Crippen LogP contribution in [0.15, 0.2) is 18.3 Å². The van der Waals surface area contributed by atoms with Crippen LogP contribution in [0.2, 0.25) is 5.02 Å². The molecule has 2 unspecified atom stereocenters. The van der Waals surface area contributed by atoms with Crippen molar-refractivity contribution in [2.24, 2.45) is 11.8 Å². The molecule has 126 valence electrons. The number of ether oxygens (including phenoxy) is 2. The van der Waals surface area contributed by atoms with Crippen LogP contribution >= 0.6 is 11.6 Å². The Bertz CT molecular complexity index is 587. The summed E-state index contributed by atoms with van der Waals surface area (Å²) in [5.41, 5.74) is -0.487. The van der Waals surface area contributed by atoms with Crippen LogP contribution in [-0.2, 0) is 4.74 Å². The van der Waals surface area contributed by atoms with E-state index in [-0.39, 0.29) is 12.1 Å². The van der Waals surface area contributed by atoms with Gasteiger partial charge in [0.2, 0.25) is 5.88 Å². The Labute approximate surface area is 141 Å². The Hall–Kier alpha value is -1.49. The first-order chi connectivity index (χ1) is 10.8. The molecule has 3 atom stereocenters. The predicted octanol–water partition coefficient (Wildman–Crippen LogP) is 3.76. The summed E-state index contributed by atoms with van der Waals surface area (Å²) in [7, 11) is 0. The molecule has 6 heteroatoms. The lowest BCUT2D eigenvalue weighted by Crippen LogP contribution is -2.44. The number of carbonyl (C=O) groups excluding carboxylic acids is 1. The van der Waals surface area contributed by atoms with E-state index < -0.39 is 5.60 Å². The van der Waals surface area contributed by atoms with Crippen LogP contribution in [0.4, 0.5) is 4.79 Å². The van der Waals surface area contributed by atoms with Crippen LogP contribution in [0.5, 0.6) is 5.88 Å². The Morgan fingerprint density at radius 1 is 1.43 bits per heavy atom. The average Bonchev–Trinajstić information content (AvgIpc) is 2.65. The Morgan fingerprint density at radius 3 is 2.83 bits per heavy atom. The number of amides is 1. The molecule has 1 amide bonds. The zero-order valence-corrected chi connectivity index (χ0v) is 14.5. The van der Waals surface area contributed by atoms with E-state index in [9.17, 15) is 4.79 Å². The van der Waals surface area contributed by atoms with Crippen molar-refractivity contribution in [1.29, 1.82) is 0 Å². The summed E-state index contributed by atoms with van der Waals surface area (Å²) in [6.45, 7) is 6.84. The molecule has 2 aliphatic rings. The third kappa shape index (κ3) is 3.71. The van der Waals surface area contributed by atoms with Gasteiger partial charge in [0.1, 0.15) is 12.2 Å². The second kappa shape index (κ2) is 6.19. The van der Waals surface area contributed by atoms with Crippen molar-refractivity contribution in [2.75, 3.05) is 13.2 Å². The molecular weight excluding hydrogens is 316 g/mol. The quantitative estimate of drug-likeness (QED) is 0.842. The summed E-state index contributed by atoms with van der Waals surface area (Å²) in [5.74, 6) is 1.56. The molecule has 5 nitrogen and oxygen atoms in total. The number of hydrogen-bond acceptors (Lipinski definition) is 4. The molecule has 0 radical (unpaired) electrons. The van der Waals surface area contributed by atoms with Gasteiger partial charge in [0, 0.05) is 23.8 Å². The first kappa shape index (κ1) is 16.4. The van der Waals surface area contributed by atoms with E-state index in [1.165, 1.54) is 6.42 Å². The Morgan fingerprint density at radius 2 is 2.22 bits per heavy atom. The first-order valence-corrected chi connectivity index (χ1v) is 8.45. The largest absolute Gasteiger partial charge is 0.475 e.